The first-order chi connectivity index (χ1) is 9.79. The lowest BCUT2D eigenvalue weighted by Gasteiger charge is -2.36. The number of nitrogens with zero attached hydrogens (tertiary/aromatic N) is 2. The minimum absolute atomic E-state index is 0.731. The minimum Gasteiger partial charge on any atom is -0.313 e. The number of nitrogens with one attached hydrogen (secondary N) is 1. The highest BCUT2D eigenvalue weighted by Gasteiger charge is 2.21. The van der Waals surface area contributed by atoms with Crippen LogP contribution in [0.3, 0.4) is 0 Å². The first kappa shape index (κ1) is 14.3. The van der Waals surface area contributed by atoms with E-state index in [4.69, 9.17) is 11.6 Å². The second-order valence-electron chi connectivity index (χ2n) is 6.00. The maximum atomic E-state index is 6.05. The third-order valence-corrected chi connectivity index (χ3v) is 4.64. The van der Waals surface area contributed by atoms with Crippen LogP contribution in [-0.4, -0.2) is 55.1 Å². The highest BCUT2D eigenvalue weighted by molar-refractivity contribution is 6.30. The van der Waals surface area contributed by atoms with Gasteiger partial charge in [-0.15, -0.1) is 0 Å². The summed E-state index contributed by atoms with van der Waals surface area (Å²) in [5.41, 5.74) is 1.32. The first-order valence-electron chi connectivity index (χ1n) is 7.72. The molecular weight excluding hydrogens is 270 g/mol. The van der Waals surface area contributed by atoms with Crippen molar-refractivity contribution in [3.8, 4) is 0 Å². The molecule has 1 aromatic rings. The number of benzene rings is 1. The normalized spacial score (nSPS) is 25.1. The van der Waals surface area contributed by atoms with Crippen LogP contribution in [0.2, 0.25) is 5.02 Å². The molecule has 0 aromatic heterocycles. The van der Waals surface area contributed by atoms with Gasteiger partial charge in [-0.1, -0.05) is 23.7 Å². The Kier molecular flexibility index (Phi) is 4.94. The van der Waals surface area contributed by atoms with Gasteiger partial charge >= 0.3 is 0 Å². The summed E-state index contributed by atoms with van der Waals surface area (Å²) >= 11 is 6.05. The summed E-state index contributed by atoms with van der Waals surface area (Å²) in [5.74, 6) is 0. The van der Waals surface area contributed by atoms with Gasteiger partial charge in [0.05, 0.1) is 0 Å². The van der Waals surface area contributed by atoms with E-state index < -0.39 is 0 Å². The molecule has 20 heavy (non-hydrogen) atoms. The molecule has 4 heteroatoms. The molecule has 1 atom stereocenters. The molecule has 110 valence electrons. The molecule has 1 aromatic carbocycles. The molecule has 0 aliphatic carbocycles. The van der Waals surface area contributed by atoms with Gasteiger partial charge in [-0.3, -0.25) is 9.80 Å². The summed E-state index contributed by atoms with van der Waals surface area (Å²) < 4.78 is 0. The average Bonchev–Trinajstić information content (AvgIpc) is 2.94. The smallest absolute Gasteiger partial charge is 0.0409 e. The Hall–Kier alpha value is -0.610. The van der Waals surface area contributed by atoms with Gasteiger partial charge in [-0.2, -0.15) is 0 Å². The van der Waals surface area contributed by atoms with Crippen molar-refractivity contribution in [1.82, 2.24) is 15.1 Å². The topological polar surface area (TPSA) is 18.5 Å². The third-order valence-electron chi connectivity index (χ3n) is 4.40. The molecule has 3 nitrogen and oxygen atoms in total. The molecule has 0 bridgehead atoms. The van der Waals surface area contributed by atoms with E-state index in [1.54, 1.807) is 0 Å². The van der Waals surface area contributed by atoms with Crippen molar-refractivity contribution in [2.24, 2.45) is 0 Å². The largest absolute Gasteiger partial charge is 0.313 e. The lowest BCUT2D eigenvalue weighted by Crippen LogP contribution is -2.49. The van der Waals surface area contributed by atoms with Crippen LogP contribution in [-0.2, 0) is 6.54 Å². The highest BCUT2D eigenvalue weighted by Crippen LogP contribution is 2.14. The van der Waals surface area contributed by atoms with Crippen LogP contribution in [0.1, 0.15) is 18.4 Å². The SMILES string of the molecule is Clc1cccc(CN2CCN(CC3CCCN3)CC2)c1. The monoisotopic (exact) mass is 293 g/mol. The summed E-state index contributed by atoms with van der Waals surface area (Å²) in [6.07, 6.45) is 2.70. The average molecular weight is 294 g/mol. The van der Waals surface area contributed by atoms with Gasteiger partial charge in [-0.25, -0.2) is 0 Å². The molecule has 0 spiro atoms. The van der Waals surface area contributed by atoms with Crippen molar-refractivity contribution >= 4 is 11.6 Å². The fourth-order valence-electron chi connectivity index (χ4n) is 3.25. The van der Waals surface area contributed by atoms with Gasteiger partial charge in [0.1, 0.15) is 0 Å². The molecule has 2 saturated heterocycles. The van der Waals surface area contributed by atoms with Crippen molar-refractivity contribution in [3.05, 3.63) is 34.9 Å². The molecule has 3 rings (SSSR count). The predicted molar refractivity (Wildman–Crippen MR) is 84.2 cm³/mol. The molecule has 0 saturated carbocycles. The number of hydrogen-bond donors (Lipinski definition) is 1. The van der Waals surface area contributed by atoms with Crippen LogP contribution in [0.4, 0.5) is 0 Å². The first-order valence-corrected chi connectivity index (χ1v) is 8.10. The van der Waals surface area contributed by atoms with Gasteiger partial charge in [-0.05, 0) is 37.1 Å². The van der Waals surface area contributed by atoms with Crippen molar-refractivity contribution in [3.63, 3.8) is 0 Å². The van der Waals surface area contributed by atoms with Gasteiger partial charge in [0.2, 0.25) is 0 Å². The Bertz CT molecular complexity index is 423. The molecule has 2 aliphatic rings. The molecule has 2 heterocycles. The van der Waals surface area contributed by atoms with Gasteiger partial charge in [0, 0.05) is 50.3 Å². The van der Waals surface area contributed by atoms with Crippen LogP contribution in [0.25, 0.3) is 0 Å². The summed E-state index contributed by atoms with van der Waals surface area (Å²) in [7, 11) is 0. The maximum absolute atomic E-state index is 6.05. The standard InChI is InChI=1S/C16H24ClN3/c17-15-4-1-3-14(11-15)12-19-7-9-20(10-8-19)13-16-5-2-6-18-16/h1,3-4,11,16,18H,2,5-10,12-13H2. The number of halogens is 1. The summed E-state index contributed by atoms with van der Waals surface area (Å²) in [6, 6.07) is 8.96. The number of piperazine rings is 1. The predicted octanol–water partition coefficient (Wildman–Crippen LogP) is 2.21. The van der Waals surface area contributed by atoms with Crippen LogP contribution >= 0.6 is 11.6 Å². The van der Waals surface area contributed by atoms with Crippen LogP contribution in [0.15, 0.2) is 24.3 Å². The zero-order chi connectivity index (χ0) is 13.8. The number of rotatable bonds is 4. The Labute approximate surface area is 126 Å². The van der Waals surface area contributed by atoms with E-state index in [0.717, 1.165) is 17.6 Å². The molecule has 0 radical (unpaired) electrons. The van der Waals surface area contributed by atoms with Gasteiger partial charge in [0.15, 0.2) is 0 Å². The molecular formula is C16H24ClN3. The van der Waals surface area contributed by atoms with E-state index in [2.05, 4.69) is 27.2 Å². The molecule has 2 fully saturated rings. The molecule has 0 amide bonds. The summed E-state index contributed by atoms with van der Waals surface area (Å²) in [4.78, 5) is 5.14. The lowest BCUT2D eigenvalue weighted by atomic mass is 10.1. The molecule has 2 aliphatic heterocycles. The molecule has 1 N–H and O–H groups in total. The quantitative estimate of drug-likeness (QED) is 0.918. The lowest BCUT2D eigenvalue weighted by molar-refractivity contribution is 0.120. The van der Waals surface area contributed by atoms with E-state index in [0.29, 0.717) is 0 Å². The second kappa shape index (κ2) is 6.90. The van der Waals surface area contributed by atoms with Crippen molar-refractivity contribution in [2.75, 3.05) is 39.3 Å². The molecule has 1 unspecified atom stereocenters. The summed E-state index contributed by atoms with van der Waals surface area (Å²) in [5, 5.41) is 4.43. The number of hydrogen-bond acceptors (Lipinski definition) is 3. The van der Waals surface area contributed by atoms with E-state index in [9.17, 15) is 0 Å². The fourth-order valence-corrected chi connectivity index (χ4v) is 3.46. The Morgan fingerprint density at radius 2 is 1.95 bits per heavy atom. The Balaban J connectivity index is 1.43. The minimum atomic E-state index is 0.731. The van der Waals surface area contributed by atoms with Crippen molar-refractivity contribution in [2.45, 2.75) is 25.4 Å². The van der Waals surface area contributed by atoms with Crippen LogP contribution < -0.4 is 5.32 Å². The van der Waals surface area contributed by atoms with E-state index in [1.807, 2.05) is 12.1 Å². The second-order valence-corrected chi connectivity index (χ2v) is 6.44. The van der Waals surface area contributed by atoms with Gasteiger partial charge < -0.3 is 5.32 Å². The van der Waals surface area contributed by atoms with Crippen molar-refractivity contribution < 1.29 is 0 Å². The van der Waals surface area contributed by atoms with Crippen LogP contribution in [0, 0.1) is 0 Å². The Morgan fingerprint density at radius 3 is 2.65 bits per heavy atom. The van der Waals surface area contributed by atoms with E-state index in [-0.39, 0.29) is 0 Å². The van der Waals surface area contributed by atoms with E-state index >= 15 is 0 Å². The van der Waals surface area contributed by atoms with Gasteiger partial charge in [0.25, 0.3) is 0 Å². The van der Waals surface area contributed by atoms with Crippen molar-refractivity contribution in [1.29, 1.82) is 0 Å². The highest BCUT2D eigenvalue weighted by atomic mass is 35.5. The maximum Gasteiger partial charge on any atom is 0.0409 e. The summed E-state index contributed by atoms with van der Waals surface area (Å²) in [6.45, 7) is 8.18. The fraction of sp³-hybridized carbons (Fsp3) is 0.625. The van der Waals surface area contributed by atoms with Crippen LogP contribution in [0.5, 0.6) is 0 Å². The third kappa shape index (κ3) is 3.95. The zero-order valence-corrected chi connectivity index (χ0v) is 12.8. The Morgan fingerprint density at radius 1 is 1.15 bits per heavy atom. The zero-order valence-electron chi connectivity index (χ0n) is 12.0. The van der Waals surface area contributed by atoms with E-state index in [1.165, 1.54) is 57.7 Å².